The SMILES string of the molecule is CCOC(=O)/C(=C(/Nc1ccc(OC)cc1)C(F)(F)F)c1ccccc1. The number of ether oxygens (including phenoxy) is 2. The molecule has 0 fully saturated rings. The first kappa shape index (κ1) is 19.4. The zero-order valence-corrected chi connectivity index (χ0v) is 14.3. The van der Waals surface area contributed by atoms with Crippen LogP contribution in [0, 0.1) is 0 Å². The monoisotopic (exact) mass is 365 g/mol. The topological polar surface area (TPSA) is 47.6 Å². The summed E-state index contributed by atoms with van der Waals surface area (Å²) < 4.78 is 51.0. The number of alkyl halides is 3. The van der Waals surface area contributed by atoms with Gasteiger partial charge in [0.25, 0.3) is 0 Å². The Morgan fingerprint density at radius 3 is 2.15 bits per heavy atom. The van der Waals surface area contributed by atoms with Gasteiger partial charge in [-0.05, 0) is 36.8 Å². The van der Waals surface area contributed by atoms with E-state index < -0.39 is 23.4 Å². The lowest BCUT2D eigenvalue weighted by atomic mass is 10.0. The van der Waals surface area contributed by atoms with Gasteiger partial charge in [-0.15, -0.1) is 0 Å². The molecule has 0 radical (unpaired) electrons. The highest BCUT2D eigenvalue weighted by atomic mass is 19.4. The fourth-order valence-corrected chi connectivity index (χ4v) is 2.27. The van der Waals surface area contributed by atoms with Gasteiger partial charge in [-0.2, -0.15) is 13.2 Å². The van der Waals surface area contributed by atoms with Gasteiger partial charge in [0.1, 0.15) is 11.4 Å². The van der Waals surface area contributed by atoms with Crippen molar-refractivity contribution in [3.8, 4) is 5.75 Å². The Morgan fingerprint density at radius 2 is 1.65 bits per heavy atom. The van der Waals surface area contributed by atoms with Crippen LogP contribution < -0.4 is 10.1 Å². The summed E-state index contributed by atoms with van der Waals surface area (Å²) in [4.78, 5) is 12.3. The van der Waals surface area contributed by atoms with Crippen molar-refractivity contribution in [2.24, 2.45) is 0 Å². The van der Waals surface area contributed by atoms with Crippen LogP contribution in [0.1, 0.15) is 12.5 Å². The van der Waals surface area contributed by atoms with Crippen LogP contribution in [0.3, 0.4) is 0 Å². The third kappa shape index (κ3) is 4.78. The number of anilines is 1. The van der Waals surface area contributed by atoms with E-state index in [1.807, 2.05) is 0 Å². The Morgan fingerprint density at radius 1 is 1.04 bits per heavy atom. The van der Waals surface area contributed by atoms with Gasteiger partial charge in [0.15, 0.2) is 0 Å². The van der Waals surface area contributed by atoms with Crippen molar-refractivity contribution in [1.29, 1.82) is 0 Å². The second-order valence-corrected chi connectivity index (χ2v) is 5.19. The van der Waals surface area contributed by atoms with E-state index in [2.05, 4.69) is 5.32 Å². The largest absolute Gasteiger partial charge is 0.497 e. The number of carbonyl (C=O) groups is 1. The molecule has 0 amide bonds. The Kier molecular flexibility index (Phi) is 6.27. The second kappa shape index (κ2) is 8.42. The minimum atomic E-state index is -4.79. The average Bonchev–Trinajstić information content (AvgIpc) is 2.62. The van der Waals surface area contributed by atoms with E-state index in [1.54, 1.807) is 18.2 Å². The zero-order chi connectivity index (χ0) is 19.2. The number of halogens is 3. The van der Waals surface area contributed by atoms with E-state index in [4.69, 9.17) is 9.47 Å². The smallest absolute Gasteiger partial charge is 0.432 e. The van der Waals surface area contributed by atoms with E-state index >= 15 is 0 Å². The molecule has 0 aliphatic carbocycles. The molecule has 0 aliphatic heterocycles. The zero-order valence-electron chi connectivity index (χ0n) is 14.3. The minimum absolute atomic E-state index is 0.0388. The number of rotatable bonds is 6. The summed E-state index contributed by atoms with van der Waals surface area (Å²) in [6, 6.07) is 13.5. The molecule has 138 valence electrons. The molecule has 7 heteroatoms. The number of carbonyl (C=O) groups excluding carboxylic acids is 1. The molecule has 26 heavy (non-hydrogen) atoms. The summed E-state index contributed by atoms with van der Waals surface area (Å²) in [5.41, 5.74) is -1.49. The van der Waals surface area contributed by atoms with E-state index in [-0.39, 0.29) is 17.9 Å². The Balaban J connectivity index is 2.57. The molecule has 2 aromatic rings. The lowest BCUT2D eigenvalue weighted by Gasteiger charge is -2.19. The highest BCUT2D eigenvalue weighted by Gasteiger charge is 2.39. The summed E-state index contributed by atoms with van der Waals surface area (Å²) in [6.45, 7) is 1.49. The van der Waals surface area contributed by atoms with Gasteiger partial charge >= 0.3 is 12.1 Å². The van der Waals surface area contributed by atoms with Crippen molar-refractivity contribution in [3.63, 3.8) is 0 Å². The molecular formula is C19H18F3NO3. The first-order valence-corrected chi connectivity index (χ1v) is 7.82. The summed E-state index contributed by atoms with van der Waals surface area (Å²) in [5.74, 6) is -0.547. The average molecular weight is 365 g/mol. The first-order chi connectivity index (χ1) is 12.4. The molecule has 0 saturated carbocycles. The number of nitrogens with one attached hydrogen (secondary N) is 1. The number of hydrogen-bond acceptors (Lipinski definition) is 4. The summed E-state index contributed by atoms with van der Waals surface area (Å²) in [6.07, 6.45) is -4.79. The lowest BCUT2D eigenvalue weighted by molar-refractivity contribution is -0.136. The van der Waals surface area contributed by atoms with Gasteiger partial charge in [-0.1, -0.05) is 30.3 Å². The predicted octanol–water partition coefficient (Wildman–Crippen LogP) is 4.64. The molecule has 0 spiro atoms. The Labute approximate surface area is 149 Å². The summed E-state index contributed by atoms with van der Waals surface area (Å²) in [5, 5.41) is 2.31. The molecule has 2 aromatic carbocycles. The molecule has 0 aliphatic rings. The minimum Gasteiger partial charge on any atom is -0.497 e. The van der Waals surface area contributed by atoms with Gasteiger partial charge in [0.05, 0.1) is 19.3 Å². The third-order valence-electron chi connectivity index (χ3n) is 3.43. The van der Waals surface area contributed by atoms with Crippen LogP contribution in [0.15, 0.2) is 60.3 Å². The van der Waals surface area contributed by atoms with Crippen molar-refractivity contribution in [3.05, 3.63) is 65.9 Å². The molecule has 0 unspecified atom stereocenters. The van der Waals surface area contributed by atoms with Gasteiger partial charge < -0.3 is 14.8 Å². The van der Waals surface area contributed by atoms with E-state index in [1.165, 1.54) is 50.4 Å². The highest BCUT2D eigenvalue weighted by molar-refractivity contribution is 6.18. The van der Waals surface area contributed by atoms with E-state index in [0.717, 1.165) is 0 Å². The van der Waals surface area contributed by atoms with Crippen molar-refractivity contribution >= 4 is 17.2 Å². The molecule has 0 saturated heterocycles. The van der Waals surface area contributed by atoms with Crippen molar-refractivity contribution < 1.29 is 27.4 Å². The molecule has 1 N–H and O–H groups in total. The normalized spacial score (nSPS) is 12.2. The number of methoxy groups -OCH3 is 1. The molecule has 0 bridgehead atoms. The van der Waals surface area contributed by atoms with Gasteiger partial charge in [0, 0.05) is 5.69 Å². The van der Waals surface area contributed by atoms with Crippen molar-refractivity contribution in [2.45, 2.75) is 13.1 Å². The van der Waals surface area contributed by atoms with Crippen molar-refractivity contribution in [2.75, 3.05) is 19.0 Å². The maximum atomic E-state index is 13.7. The number of hydrogen-bond donors (Lipinski definition) is 1. The van der Waals surface area contributed by atoms with Gasteiger partial charge in [0.2, 0.25) is 0 Å². The van der Waals surface area contributed by atoms with Gasteiger partial charge in [-0.25, -0.2) is 4.79 Å². The predicted molar refractivity (Wildman–Crippen MR) is 92.7 cm³/mol. The highest BCUT2D eigenvalue weighted by Crippen LogP contribution is 2.34. The maximum Gasteiger partial charge on any atom is 0.432 e. The van der Waals surface area contributed by atoms with Crippen molar-refractivity contribution in [1.82, 2.24) is 0 Å². The Bertz CT molecular complexity index is 769. The lowest BCUT2D eigenvalue weighted by Crippen LogP contribution is -2.24. The van der Waals surface area contributed by atoms with Gasteiger partial charge in [-0.3, -0.25) is 0 Å². The second-order valence-electron chi connectivity index (χ2n) is 5.19. The van der Waals surface area contributed by atoms with E-state index in [9.17, 15) is 18.0 Å². The van der Waals surface area contributed by atoms with Crippen LogP contribution in [-0.2, 0) is 9.53 Å². The van der Waals surface area contributed by atoms with E-state index in [0.29, 0.717) is 5.75 Å². The van der Waals surface area contributed by atoms with Crippen LogP contribution >= 0.6 is 0 Å². The standard InChI is InChI=1S/C19H18F3NO3/c1-3-26-18(24)16(13-7-5-4-6-8-13)17(19(20,21)22)23-14-9-11-15(25-2)12-10-14/h4-12,23H,3H2,1-2H3/b17-16+. The summed E-state index contributed by atoms with van der Waals surface area (Å²) >= 11 is 0. The number of allylic oxidation sites excluding steroid dienone is 1. The number of benzene rings is 2. The maximum absolute atomic E-state index is 13.7. The quantitative estimate of drug-likeness (QED) is 0.598. The molecular weight excluding hydrogens is 347 g/mol. The molecule has 2 rings (SSSR count). The fourth-order valence-electron chi connectivity index (χ4n) is 2.27. The first-order valence-electron chi connectivity index (χ1n) is 7.82. The fraction of sp³-hybridized carbons (Fsp3) is 0.211. The molecule has 4 nitrogen and oxygen atoms in total. The van der Waals surface area contributed by atoms with Crippen LogP contribution in [0.5, 0.6) is 5.75 Å². The van der Waals surface area contributed by atoms with Crippen LogP contribution in [0.4, 0.5) is 18.9 Å². The molecule has 0 atom stereocenters. The van der Waals surface area contributed by atoms with Crippen LogP contribution in [-0.4, -0.2) is 25.9 Å². The number of esters is 1. The third-order valence-corrected chi connectivity index (χ3v) is 3.43. The molecule has 0 aromatic heterocycles. The Hall–Kier alpha value is -2.96. The van der Waals surface area contributed by atoms with Crippen LogP contribution in [0.25, 0.3) is 5.57 Å². The molecule has 0 heterocycles. The summed E-state index contributed by atoms with van der Waals surface area (Å²) in [7, 11) is 1.46. The van der Waals surface area contributed by atoms with Crippen LogP contribution in [0.2, 0.25) is 0 Å².